The summed E-state index contributed by atoms with van der Waals surface area (Å²) >= 11 is 4.76. The number of benzene rings is 2. The van der Waals surface area contributed by atoms with E-state index in [2.05, 4.69) is 5.32 Å². The van der Waals surface area contributed by atoms with Crippen molar-refractivity contribution in [1.29, 1.82) is 0 Å². The van der Waals surface area contributed by atoms with Crippen LogP contribution >= 0.6 is 12.2 Å². The predicted octanol–water partition coefficient (Wildman–Crippen LogP) is 3.19. The number of nitrogens with two attached hydrogens (primary N) is 1. The fourth-order valence-electron chi connectivity index (χ4n) is 1.90. The standard InChI is InChI=1S/C16H16N2OS/c1-10-3-4-13(9-11(10)2)15(19)12-5-7-14(8-6-12)18-16(17)20/h3-9H,1-2H3,(H3,17,18,20). The van der Waals surface area contributed by atoms with Gasteiger partial charge in [-0.05, 0) is 67.5 Å². The number of ketones is 1. The zero-order chi connectivity index (χ0) is 14.7. The fourth-order valence-corrected chi connectivity index (χ4v) is 2.01. The number of rotatable bonds is 3. The van der Waals surface area contributed by atoms with Crippen LogP contribution in [-0.4, -0.2) is 10.9 Å². The van der Waals surface area contributed by atoms with Gasteiger partial charge in [-0.2, -0.15) is 0 Å². The first-order valence-corrected chi connectivity index (χ1v) is 6.66. The fraction of sp³-hybridized carbons (Fsp3) is 0.125. The van der Waals surface area contributed by atoms with E-state index < -0.39 is 0 Å². The summed E-state index contributed by atoms with van der Waals surface area (Å²) in [6.45, 7) is 4.03. The van der Waals surface area contributed by atoms with Gasteiger partial charge < -0.3 is 11.1 Å². The lowest BCUT2D eigenvalue weighted by Gasteiger charge is -2.07. The summed E-state index contributed by atoms with van der Waals surface area (Å²) in [6, 6.07) is 12.8. The summed E-state index contributed by atoms with van der Waals surface area (Å²) < 4.78 is 0. The van der Waals surface area contributed by atoms with E-state index >= 15 is 0 Å². The molecule has 0 radical (unpaired) electrons. The first-order valence-electron chi connectivity index (χ1n) is 6.26. The number of hydrogen-bond donors (Lipinski definition) is 2. The molecule has 2 aromatic rings. The molecule has 102 valence electrons. The van der Waals surface area contributed by atoms with Crippen molar-refractivity contribution >= 4 is 28.8 Å². The molecule has 0 saturated carbocycles. The molecule has 3 nitrogen and oxygen atoms in total. The molecule has 20 heavy (non-hydrogen) atoms. The van der Waals surface area contributed by atoms with Crippen LogP contribution in [0.1, 0.15) is 27.0 Å². The van der Waals surface area contributed by atoms with Crippen LogP contribution in [0.3, 0.4) is 0 Å². The topological polar surface area (TPSA) is 55.1 Å². The van der Waals surface area contributed by atoms with E-state index in [1.165, 1.54) is 5.56 Å². The monoisotopic (exact) mass is 284 g/mol. The molecule has 3 N–H and O–H groups in total. The first-order chi connectivity index (χ1) is 9.47. The van der Waals surface area contributed by atoms with Crippen molar-refractivity contribution in [3.8, 4) is 0 Å². The molecular formula is C16H16N2OS. The highest BCUT2D eigenvalue weighted by Crippen LogP contribution is 2.16. The minimum Gasteiger partial charge on any atom is -0.376 e. The molecule has 0 fully saturated rings. The largest absolute Gasteiger partial charge is 0.376 e. The van der Waals surface area contributed by atoms with Gasteiger partial charge in [-0.15, -0.1) is 0 Å². The van der Waals surface area contributed by atoms with Gasteiger partial charge >= 0.3 is 0 Å². The molecule has 0 amide bonds. The Balaban J connectivity index is 2.24. The Kier molecular flexibility index (Phi) is 4.15. The third-order valence-corrected chi connectivity index (χ3v) is 3.29. The number of thiocarbonyl (C=S) groups is 1. The molecule has 0 aliphatic carbocycles. The molecule has 0 aliphatic rings. The van der Waals surface area contributed by atoms with Gasteiger partial charge in [0.2, 0.25) is 0 Å². The Morgan fingerprint density at radius 2 is 1.60 bits per heavy atom. The number of nitrogens with one attached hydrogen (secondary N) is 1. The Hall–Kier alpha value is -2.20. The van der Waals surface area contributed by atoms with Crippen molar-refractivity contribution in [3.63, 3.8) is 0 Å². The van der Waals surface area contributed by atoms with Crippen LogP contribution < -0.4 is 11.1 Å². The summed E-state index contributed by atoms with van der Waals surface area (Å²) in [5.41, 5.74) is 9.80. The second kappa shape index (κ2) is 5.84. The van der Waals surface area contributed by atoms with Gasteiger partial charge in [0.15, 0.2) is 10.9 Å². The lowest BCUT2D eigenvalue weighted by molar-refractivity contribution is 0.103. The predicted molar refractivity (Wildman–Crippen MR) is 86.2 cm³/mol. The molecule has 0 heterocycles. The second-order valence-corrected chi connectivity index (χ2v) is 5.13. The van der Waals surface area contributed by atoms with E-state index in [4.69, 9.17) is 18.0 Å². The van der Waals surface area contributed by atoms with Gasteiger partial charge in [-0.1, -0.05) is 12.1 Å². The van der Waals surface area contributed by atoms with Crippen molar-refractivity contribution in [2.45, 2.75) is 13.8 Å². The van der Waals surface area contributed by atoms with E-state index in [-0.39, 0.29) is 10.9 Å². The maximum absolute atomic E-state index is 12.4. The molecule has 0 aliphatic heterocycles. The molecule has 0 aromatic heterocycles. The number of hydrogen-bond acceptors (Lipinski definition) is 2. The molecule has 2 aromatic carbocycles. The van der Waals surface area contributed by atoms with Crippen LogP contribution in [0.4, 0.5) is 5.69 Å². The summed E-state index contributed by atoms with van der Waals surface area (Å²) in [5, 5.41) is 3.03. The quantitative estimate of drug-likeness (QED) is 0.671. The SMILES string of the molecule is Cc1ccc(C(=O)c2ccc(NC(N)=S)cc2)cc1C. The third-order valence-electron chi connectivity index (χ3n) is 3.18. The summed E-state index contributed by atoms with van der Waals surface area (Å²) in [5.74, 6) is 0.00924. The Labute approximate surface area is 123 Å². The highest BCUT2D eigenvalue weighted by Gasteiger charge is 2.09. The molecule has 0 saturated heterocycles. The van der Waals surface area contributed by atoms with Gasteiger partial charge in [0, 0.05) is 16.8 Å². The van der Waals surface area contributed by atoms with Gasteiger partial charge in [0.25, 0.3) is 0 Å². The molecule has 0 unspecified atom stereocenters. The molecule has 4 heteroatoms. The lowest BCUT2D eigenvalue weighted by atomic mass is 9.99. The van der Waals surface area contributed by atoms with Crippen LogP contribution in [0.5, 0.6) is 0 Å². The Morgan fingerprint density at radius 3 is 2.15 bits per heavy atom. The maximum atomic E-state index is 12.4. The number of aryl methyl sites for hydroxylation is 2. The average molecular weight is 284 g/mol. The molecular weight excluding hydrogens is 268 g/mol. The Bertz CT molecular complexity index is 663. The van der Waals surface area contributed by atoms with Crippen molar-refractivity contribution in [2.24, 2.45) is 5.73 Å². The van der Waals surface area contributed by atoms with Crippen LogP contribution in [0.15, 0.2) is 42.5 Å². The average Bonchev–Trinajstić information content (AvgIpc) is 2.41. The van der Waals surface area contributed by atoms with Gasteiger partial charge in [0.05, 0.1) is 0 Å². The Morgan fingerprint density at radius 1 is 1.00 bits per heavy atom. The van der Waals surface area contributed by atoms with E-state index in [1.54, 1.807) is 24.3 Å². The summed E-state index contributed by atoms with van der Waals surface area (Å²) in [7, 11) is 0. The van der Waals surface area contributed by atoms with Crippen LogP contribution in [0.25, 0.3) is 0 Å². The van der Waals surface area contributed by atoms with Gasteiger partial charge in [-0.25, -0.2) is 0 Å². The van der Waals surface area contributed by atoms with E-state index in [9.17, 15) is 4.79 Å². The van der Waals surface area contributed by atoms with Crippen molar-refractivity contribution in [2.75, 3.05) is 5.32 Å². The summed E-state index contributed by atoms with van der Waals surface area (Å²) in [6.07, 6.45) is 0. The highest BCUT2D eigenvalue weighted by molar-refractivity contribution is 7.80. The third kappa shape index (κ3) is 3.22. The zero-order valence-electron chi connectivity index (χ0n) is 11.4. The number of carbonyl (C=O) groups excluding carboxylic acids is 1. The molecule has 0 spiro atoms. The van der Waals surface area contributed by atoms with Gasteiger partial charge in [-0.3, -0.25) is 4.79 Å². The lowest BCUT2D eigenvalue weighted by Crippen LogP contribution is -2.18. The maximum Gasteiger partial charge on any atom is 0.193 e. The van der Waals surface area contributed by atoms with Crippen LogP contribution in [-0.2, 0) is 0 Å². The van der Waals surface area contributed by atoms with Crippen LogP contribution in [0.2, 0.25) is 0 Å². The minimum absolute atomic E-state index is 0.00924. The smallest absolute Gasteiger partial charge is 0.193 e. The normalized spacial score (nSPS) is 10.1. The van der Waals surface area contributed by atoms with E-state index in [1.807, 2.05) is 32.0 Å². The number of anilines is 1. The highest BCUT2D eigenvalue weighted by atomic mass is 32.1. The van der Waals surface area contributed by atoms with E-state index in [0.717, 1.165) is 11.3 Å². The van der Waals surface area contributed by atoms with Gasteiger partial charge in [0.1, 0.15) is 0 Å². The molecule has 2 rings (SSSR count). The number of carbonyl (C=O) groups is 1. The van der Waals surface area contributed by atoms with Crippen molar-refractivity contribution in [1.82, 2.24) is 0 Å². The minimum atomic E-state index is 0.00924. The second-order valence-electron chi connectivity index (χ2n) is 4.69. The summed E-state index contributed by atoms with van der Waals surface area (Å²) in [4.78, 5) is 12.4. The van der Waals surface area contributed by atoms with Crippen LogP contribution in [0, 0.1) is 13.8 Å². The first kappa shape index (κ1) is 14.2. The zero-order valence-corrected chi connectivity index (χ0v) is 12.3. The molecule has 0 bridgehead atoms. The van der Waals surface area contributed by atoms with Crippen molar-refractivity contribution in [3.05, 3.63) is 64.7 Å². The van der Waals surface area contributed by atoms with E-state index in [0.29, 0.717) is 11.1 Å². The van der Waals surface area contributed by atoms with Crippen molar-refractivity contribution < 1.29 is 4.79 Å². The molecule has 0 atom stereocenters.